The minimum atomic E-state index is -0.694. The molecular formula is C25H28N4O6. The zero-order valence-electron chi connectivity index (χ0n) is 20.2. The van der Waals surface area contributed by atoms with Gasteiger partial charge in [0.05, 0.1) is 11.1 Å². The predicted molar refractivity (Wildman–Crippen MR) is 129 cm³/mol. The smallest absolute Gasteiger partial charge is 0.408 e. The highest BCUT2D eigenvalue weighted by atomic mass is 16.6. The Morgan fingerprint density at radius 1 is 0.886 bits per heavy atom. The molecule has 0 saturated heterocycles. The van der Waals surface area contributed by atoms with Gasteiger partial charge in [-0.15, -0.1) is 0 Å². The minimum Gasteiger partial charge on any atom is -0.444 e. The maximum Gasteiger partial charge on any atom is 0.408 e. The SMILES string of the molecule is CC(C)N1C(=O)c2ccc(C(=O)Nc3ccc(NC(=O)CNC(=O)OC(C)(C)C)cc3)cc2C1=O. The fourth-order valence-electron chi connectivity index (χ4n) is 3.38. The highest BCUT2D eigenvalue weighted by Crippen LogP contribution is 2.26. The molecule has 2 aromatic carbocycles. The van der Waals surface area contributed by atoms with E-state index in [-0.39, 0.29) is 35.2 Å². The molecule has 0 aromatic heterocycles. The Morgan fingerprint density at radius 2 is 1.46 bits per heavy atom. The van der Waals surface area contributed by atoms with E-state index < -0.39 is 29.4 Å². The monoisotopic (exact) mass is 480 g/mol. The number of imide groups is 1. The first-order valence-electron chi connectivity index (χ1n) is 11.1. The lowest BCUT2D eigenvalue weighted by Crippen LogP contribution is -2.37. The number of rotatable bonds is 6. The van der Waals surface area contributed by atoms with Crippen LogP contribution in [0.4, 0.5) is 16.2 Å². The topological polar surface area (TPSA) is 134 Å². The van der Waals surface area contributed by atoms with E-state index >= 15 is 0 Å². The van der Waals surface area contributed by atoms with Gasteiger partial charge in [-0.1, -0.05) is 0 Å². The average Bonchev–Trinajstić information content (AvgIpc) is 3.02. The minimum absolute atomic E-state index is 0.203. The number of hydrogen-bond acceptors (Lipinski definition) is 6. The van der Waals surface area contributed by atoms with E-state index in [1.807, 2.05) is 0 Å². The number of amides is 5. The summed E-state index contributed by atoms with van der Waals surface area (Å²) in [6.07, 6.45) is -0.694. The molecule has 0 fully saturated rings. The lowest BCUT2D eigenvalue weighted by molar-refractivity contribution is -0.115. The molecule has 35 heavy (non-hydrogen) atoms. The molecule has 1 heterocycles. The van der Waals surface area contributed by atoms with Crippen molar-refractivity contribution in [2.24, 2.45) is 0 Å². The van der Waals surface area contributed by atoms with Crippen LogP contribution in [0.5, 0.6) is 0 Å². The van der Waals surface area contributed by atoms with Crippen LogP contribution < -0.4 is 16.0 Å². The van der Waals surface area contributed by atoms with E-state index in [0.717, 1.165) is 0 Å². The molecule has 0 radical (unpaired) electrons. The molecule has 1 aliphatic rings. The number of alkyl carbamates (subject to hydrolysis) is 1. The van der Waals surface area contributed by atoms with Gasteiger partial charge in [-0.25, -0.2) is 4.79 Å². The summed E-state index contributed by atoms with van der Waals surface area (Å²) in [5.41, 5.74) is 0.986. The zero-order valence-corrected chi connectivity index (χ0v) is 20.2. The van der Waals surface area contributed by atoms with Crippen LogP contribution in [0.3, 0.4) is 0 Å². The van der Waals surface area contributed by atoms with Crippen molar-refractivity contribution in [3.05, 3.63) is 59.2 Å². The van der Waals surface area contributed by atoms with Crippen LogP contribution >= 0.6 is 0 Å². The number of fused-ring (bicyclic) bond motifs is 1. The summed E-state index contributed by atoms with van der Waals surface area (Å²) in [6, 6.07) is 10.5. The van der Waals surface area contributed by atoms with Crippen molar-refractivity contribution in [3.63, 3.8) is 0 Å². The van der Waals surface area contributed by atoms with Gasteiger partial charge >= 0.3 is 6.09 Å². The maximum atomic E-state index is 12.7. The van der Waals surface area contributed by atoms with Crippen molar-refractivity contribution in [1.29, 1.82) is 0 Å². The summed E-state index contributed by atoms with van der Waals surface area (Å²) < 4.78 is 5.07. The van der Waals surface area contributed by atoms with E-state index in [2.05, 4.69) is 16.0 Å². The number of carbonyl (C=O) groups excluding carboxylic acids is 5. The number of nitrogens with one attached hydrogen (secondary N) is 3. The van der Waals surface area contributed by atoms with Crippen molar-refractivity contribution < 1.29 is 28.7 Å². The molecule has 10 heteroatoms. The van der Waals surface area contributed by atoms with E-state index in [9.17, 15) is 24.0 Å². The van der Waals surface area contributed by atoms with Crippen molar-refractivity contribution in [2.45, 2.75) is 46.3 Å². The molecular weight excluding hydrogens is 452 g/mol. The third-order valence-electron chi connectivity index (χ3n) is 4.92. The van der Waals surface area contributed by atoms with Crippen LogP contribution in [0.1, 0.15) is 65.7 Å². The molecule has 1 aliphatic heterocycles. The fourth-order valence-corrected chi connectivity index (χ4v) is 3.38. The van der Waals surface area contributed by atoms with E-state index in [4.69, 9.17) is 4.74 Å². The van der Waals surface area contributed by atoms with Gasteiger partial charge in [-0.05, 0) is 77.1 Å². The first-order chi connectivity index (χ1) is 16.4. The molecule has 0 saturated carbocycles. The van der Waals surface area contributed by atoms with Gasteiger partial charge in [0.1, 0.15) is 12.1 Å². The Kier molecular flexibility index (Phi) is 7.23. The molecule has 3 N–H and O–H groups in total. The van der Waals surface area contributed by atoms with Gasteiger partial charge in [0.2, 0.25) is 5.91 Å². The van der Waals surface area contributed by atoms with Crippen molar-refractivity contribution >= 4 is 41.1 Å². The van der Waals surface area contributed by atoms with Gasteiger partial charge in [0.15, 0.2) is 0 Å². The van der Waals surface area contributed by atoms with Gasteiger partial charge < -0.3 is 20.7 Å². The molecule has 0 unspecified atom stereocenters. The fraction of sp³-hybridized carbons (Fsp3) is 0.320. The molecule has 2 aromatic rings. The third kappa shape index (κ3) is 6.23. The van der Waals surface area contributed by atoms with Gasteiger partial charge in [-0.3, -0.25) is 24.1 Å². The summed E-state index contributed by atoms with van der Waals surface area (Å²) in [6.45, 7) is 8.40. The van der Waals surface area contributed by atoms with Crippen LogP contribution in [0.2, 0.25) is 0 Å². The third-order valence-corrected chi connectivity index (χ3v) is 4.92. The Bertz CT molecular complexity index is 1180. The second-order valence-electron chi connectivity index (χ2n) is 9.27. The Hall–Kier alpha value is -4.21. The summed E-state index contributed by atoms with van der Waals surface area (Å²) >= 11 is 0. The number of nitrogens with zero attached hydrogens (tertiary/aromatic N) is 1. The number of hydrogen-bond donors (Lipinski definition) is 3. The zero-order chi connectivity index (χ0) is 25.9. The molecule has 0 aliphatic carbocycles. The van der Waals surface area contributed by atoms with Crippen LogP contribution in [-0.2, 0) is 9.53 Å². The summed E-state index contributed by atoms with van der Waals surface area (Å²) in [5.74, 6) is -1.68. The summed E-state index contributed by atoms with van der Waals surface area (Å²) in [4.78, 5) is 62.5. The average molecular weight is 481 g/mol. The predicted octanol–water partition coefficient (Wildman–Crippen LogP) is 3.41. The second-order valence-corrected chi connectivity index (χ2v) is 9.27. The Morgan fingerprint density at radius 3 is 2.03 bits per heavy atom. The molecule has 0 atom stereocenters. The summed E-state index contributed by atoms with van der Waals surface area (Å²) in [5, 5.41) is 7.71. The van der Waals surface area contributed by atoms with Crippen LogP contribution in [0, 0.1) is 0 Å². The Labute approximate surface area is 203 Å². The van der Waals surface area contributed by atoms with Crippen molar-refractivity contribution in [3.8, 4) is 0 Å². The van der Waals surface area contributed by atoms with E-state index in [1.54, 1.807) is 58.9 Å². The van der Waals surface area contributed by atoms with Gasteiger partial charge in [0, 0.05) is 23.0 Å². The number of anilines is 2. The van der Waals surface area contributed by atoms with Gasteiger partial charge in [0.25, 0.3) is 17.7 Å². The Balaban J connectivity index is 1.57. The lowest BCUT2D eigenvalue weighted by Gasteiger charge is -2.19. The maximum absolute atomic E-state index is 12.7. The standard InChI is InChI=1S/C25H28N4O6/c1-14(2)29-22(32)18-11-6-15(12-19(18)23(29)33)21(31)28-17-9-7-16(8-10-17)27-20(30)13-26-24(34)35-25(3,4)5/h6-12,14H,13H2,1-5H3,(H,26,34)(H,27,30)(H,28,31). The molecule has 184 valence electrons. The van der Waals surface area contributed by atoms with Crippen LogP contribution in [-0.4, -0.2) is 52.8 Å². The molecule has 0 spiro atoms. The molecule has 0 bridgehead atoms. The first kappa shape index (κ1) is 25.4. The van der Waals surface area contributed by atoms with E-state index in [1.165, 1.54) is 23.1 Å². The molecule has 3 rings (SSSR count). The number of ether oxygens (including phenoxy) is 1. The van der Waals surface area contributed by atoms with Crippen molar-refractivity contribution in [1.82, 2.24) is 10.2 Å². The second kappa shape index (κ2) is 9.96. The van der Waals surface area contributed by atoms with E-state index in [0.29, 0.717) is 11.4 Å². The highest BCUT2D eigenvalue weighted by Gasteiger charge is 2.37. The molecule has 5 amide bonds. The van der Waals surface area contributed by atoms with Crippen LogP contribution in [0.25, 0.3) is 0 Å². The number of carbonyl (C=O) groups is 5. The van der Waals surface area contributed by atoms with Crippen LogP contribution in [0.15, 0.2) is 42.5 Å². The largest absolute Gasteiger partial charge is 0.444 e. The highest BCUT2D eigenvalue weighted by molar-refractivity contribution is 6.22. The first-order valence-corrected chi connectivity index (χ1v) is 11.1. The van der Waals surface area contributed by atoms with Crippen molar-refractivity contribution in [2.75, 3.05) is 17.2 Å². The number of benzene rings is 2. The normalized spacial score (nSPS) is 12.9. The molecule has 10 nitrogen and oxygen atoms in total. The van der Waals surface area contributed by atoms with Gasteiger partial charge in [-0.2, -0.15) is 0 Å². The lowest BCUT2D eigenvalue weighted by atomic mass is 10.1. The summed E-state index contributed by atoms with van der Waals surface area (Å²) in [7, 11) is 0. The quantitative estimate of drug-likeness (QED) is 0.543.